The molecule has 1 unspecified atom stereocenters. The Labute approximate surface area is 123 Å². The van der Waals surface area contributed by atoms with E-state index in [1.54, 1.807) is 0 Å². The van der Waals surface area contributed by atoms with E-state index in [1.807, 2.05) is 6.92 Å². The number of hydrogen-bond donors (Lipinski definition) is 1. The number of alkyl halides is 4. The van der Waals surface area contributed by atoms with Crippen LogP contribution in [0.4, 0.5) is 17.6 Å². The number of nitrogens with one attached hydrogen (secondary N) is 1. The molecule has 0 saturated heterocycles. The molecule has 1 rings (SSSR count). The summed E-state index contributed by atoms with van der Waals surface area (Å²) in [7, 11) is 1.22. The monoisotopic (exact) mass is 357 g/mol. The lowest BCUT2D eigenvalue weighted by Crippen LogP contribution is -2.41. The highest BCUT2D eigenvalue weighted by molar-refractivity contribution is 9.10. The minimum Gasteiger partial charge on any atom is -0.492 e. The lowest BCUT2D eigenvalue weighted by Gasteiger charge is -2.26. The zero-order chi connectivity index (χ0) is 15.3. The molecule has 0 aromatic heterocycles. The number of rotatable bonds is 7. The van der Waals surface area contributed by atoms with E-state index in [4.69, 9.17) is 4.74 Å². The van der Waals surface area contributed by atoms with Crippen molar-refractivity contribution >= 4 is 15.9 Å². The molecule has 1 aromatic rings. The second-order valence-corrected chi connectivity index (χ2v) is 5.09. The quantitative estimate of drug-likeness (QED) is 0.730. The average molecular weight is 358 g/mol. The first-order valence-corrected chi connectivity index (χ1v) is 6.89. The average Bonchev–Trinajstić information content (AvgIpc) is 2.38. The van der Waals surface area contributed by atoms with E-state index in [1.165, 1.54) is 25.2 Å². The van der Waals surface area contributed by atoms with Gasteiger partial charge >= 0.3 is 12.3 Å². The zero-order valence-corrected chi connectivity index (χ0v) is 12.7. The topological polar surface area (TPSA) is 21.3 Å². The molecular weight excluding hydrogens is 342 g/mol. The molecule has 0 aliphatic carbocycles. The van der Waals surface area contributed by atoms with E-state index in [9.17, 15) is 17.6 Å². The van der Waals surface area contributed by atoms with Crippen LogP contribution in [-0.2, 0) is 0 Å². The third-order valence-corrected chi connectivity index (χ3v) is 3.34. The highest BCUT2D eigenvalue weighted by Gasteiger charge is 2.48. The van der Waals surface area contributed by atoms with Gasteiger partial charge in [-0.1, -0.05) is 13.0 Å². The second kappa shape index (κ2) is 7.26. The third kappa shape index (κ3) is 3.85. The summed E-state index contributed by atoms with van der Waals surface area (Å²) in [5.74, 6) is -3.66. The van der Waals surface area contributed by atoms with Gasteiger partial charge in [-0.25, -0.2) is 8.78 Å². The van der Waals surface area contributed by atoms with E-state index < -0.39 is 18.4 Å². The largest absolute Gasteiger partial charge is 0.492 e. The first-order valence-electron chi connectivity index (χ1n) is 6.10. The van der Waals surface area contributed by atoms with Crippen molar-refractivity contribution < 1.29 is 22.3 Å². The molecule has 0 amide bonds. The molecule has 20 heavy (non-hydrogen) atoms. The van der Waals surface area contributed by atoms with Crippen molar-refractivity contribution in [3.8, 4) is 5.75 Å². The van der Waals surface area contributed by atoms with Crippen LogP contribution in [0, 0.1) is 0 Å². The molecule has 0 heterocycles. The maximum absolute atomic E-state index is 13.5. The van der Waals surface area contributed by atoms with Gasteiger partial charge in [0.1, 0.15) is 11.8 Å². The maximum atomic E-state index is 13.5. The summed E-state index contributed by atoms with van der Waals surface area (Å²) in [5.41, 5.74) is 0.0634. The number of hydrogen-bond acceptors (Lipinski definition) is 2. The van der Waals surface area contributed by atoms with Gasteiger partial charge in [0, 0.05) is 0 Å². The van der Waals surface area contributed by atoms with Gasteiger partial charge in [-0.2, -0.15) is 8.78 Å². The van der Waals surface area contributed by atoms with Gasteiger partial charge in [0.15, 0.2) is 0 Å². The van der Waals surface area contributed by atoms with Crippen molar-refractivity contribution in [2.45, 2.75) is 31.7 Å². The van der Waals surface area contributed by atoms with E-state index in [2.05, 4.69) is 21.2 Å². The van der Waals surface area contributed by atoms with Crippen LogP contribution in [0.2, 0.25) is 0 Å². The van der Waals surface area contributed by atoms with Crippen molar-refractivity contribution in [3.63, 3.8) is 0 Å². The molecule has 7 heteroatoms. The van der Waals surface area contributed by atoms with Crippen LogP contribution in [-0.4, -0.2) is 26.0 Å². The Morgan fingerprint density at radius 1 is 1.35 bits per heavy atom. The predicted octanol–water partition coefficient (Wildman–Crippen LogP) is 4.40. The van der Waals surface area contributed by atoms with Crippen LogP contribution in [0.5, 0.6) is 5.75 Å². The molecule has 0 radical (unpaired) electrons. The van der Waals surface area contributed by atoms with Crippen LogP contribution in [0.3, 0.4) is 0 Å². The first kappa shape index (κ1) is 17.2. The minimum atomic E-state index is -4.15. The highest BCUT2D eigenvalue weighted by Crippen LogP contribution is 2.38. The Hall–Kier alpha value is -0.820. The van der Waals surface area contributed by atoms with Crippen LogP contribution in [0.25, 0.3) is 0 Å². The van der Waals surface area contributed by atoms with Gasteiger partial charge in [0.25, 0.3) is 0 Å². The van der Waals surface area contributed by atoms with E-state index in [0.29, 0.717) is 16.8 Å². The first-order chi connectivity index (χ1) is 9.34. The van der Waals surface area contributed by atoms with Gasteiger partial charge in [-0.15, -0.1) is 0 Å². The predicted molar refractivity (Wildman–Crippen MR) is 72.7 cm³/mol. The van der Waals surface area contributed by atoms with E-state index in [0.717, 1.165) is 6.42 Å². The second-order valence-electron chi connectivity index (χ2n) is 4.24. The third-order valence-electron chi connectivity index (χ3n) is 2.72. The molecule has 0 spiro atoms. The normalized spacial score (nSPS) is 13.6. The molecule has 114 valence electrons. The summed E-state index contributed by atoms with van der Waals surface area (Å²) in [6, 6.07) is 2.44. The number of halogens is 5. The SMILES string of the molecule is CCCOc1ccc(C(NC)C(F)(F)C(F)F)cc1Br. The number of benzene rings is 1. The fraction of sp³-hybridized carbons (Fsp3) is 0.538. The van der Waals surface area contributed by atoms with Crippen molar-refractivity contribution in [2.75, 3.05) is 13.7 Å². The van der Waals surface area contributed by atoms with Gasteiger partial charge in [-0.05, 0) is 47.1 Å². The lowest BCUT2D eigenvalue weighted by molar-refractivity contribution is -0.150. The molecule has 0 saturated carbocycles. The molecular formula is C13H16BrF4NO. The van der Waals surface area contributed by atoms with Gasteiger partial charge in [-0.3, -0.25) is 0 Å². The molecule has 1 atom stereocenters. The Bertz CT molecular complexity index is 442. The van der Waals surface area contributed by atoms with E-state index >= 15 is 0 Å². The Morgan fingerprint density at radius 3 is 2.45 bits per heavy atom. The fourth-order valence-corrected chi connectivity index (χ4v) is 2.24. The highest BCUT2D eigenvalue weighted by atomic mass is 79.9. The Morgan fingerprint density at radius 2 is 2.00 bits per heavy atom. The Kier molecular flexibility index (Phi) is 6.26. The molecule has 2 nitrogen and oxygen atoms in total. The van der Waals surface area contributed by atoms with Crippen LogP contribution < -0.4 is 10.1 Å². The Balaban J connectivity index is 3.03. The van der Waals surface area contributed by atoms with Gasteiger partial charge in [0.05, 0.1) is 11.1 Å². The van der Waals surface area contributed by atoms with Crippen molar-refractivity contribution in [1.82, 2.24) is 5.32 Å². The summed E-state index contributed by atoms with van der Waals surface area (Å²) < 4.78 is 57.7. The fourth-order valence-electron chi connectivity index (χ4n) is 1.73. The molecule has 0 aliphatic rings. The lowest BCUT2D eigenvalue weighted by atomic mass is 10.0. The summed E-state index contributed by atoms with van der Waals surface area (Å²) in [4.78, 5) is 0. The van der Waals surface area contributed by atoms with Crippen molar-refractivity contribution in [1.29, 1.82) is 0 Å². The molecule has 0 bridgehead atoms. The summed E-state index contributed by atoms with van der Waals surface area (Å²) in [6.45, 7) is 2.42. The van der Waals surface area contributed by atoms with Gasteiger partial charge in [0.2, 0.25) is 0 Å². The molecule has 0 fully saturated rings. The van der Waals surface area contributed by atoms with Gasteiger partial charge < -0.3 is 10.1 Å². The zero-order valence-electron chi connectivity index (χ0n) is 11.1. The maximum Gasteiger partial charge on any atom is 0.326 e. The summed E-state index contributed by atoms with van der Waals surface area (Å²) in [6.07, 6.45) is -2.94. The smallest absolute Gasteiger partial charge is 0.326 e. The van der Waals surface area contributed by atoms with Crippen molar-refractivity contribution in [2.24, 2.45) is 0 Å². The number of ether oxygens (including phenoxy) is 1. The standard InChI is InChI=1S/C13H16BrF4NO/c1-3-6-20-10-5-4-8(7-9(10)14)11(19-2)13(17,18)12(15)16/h4-5,7,11-12,19H,3,6H2,1-2H3. The molecule has 0 aliphatic heterocycles. The van der Waals surface area contributed by atoms with Crippen LogP contribution in [0.15, 0.2) is 22.7 Å². The van der Waals surface area contributed by atoms with Crippen LogP contribution >= 0.6 is 15.9 Å². The molecule has 1 aromatic carbocycles. The minimum absolute atomic E-state index is 0.0634. The summed E-state index contributed by atoms with van der Waals surface area (Å²) >= 11 is 3.19. The van der Waals surface area contributed by atoms with E-state index in [-0.39, 0.29) is 5.56 Å². The van der Waals surface area contributed by atoms with Crippen LogP contribution in [0.1, 0.15) is 24.9 Å². The molecule has 1 N–H and O–H groups in total. The van der Waals surface area contributed by atoms with Crippen molar-refractivity contribution in [3.05, 3.63) is 28.2 Å². The summed E-state index contributed by atoms with van der Waals surface area (Å²) in [5, 5.41) is 2.24.